The van der Waals surface area contributed by atoms with Crippen molar-refractivity contribution in [1.29, 1.82) is 0 Å². The molecule has 7 nitrogen and oxygen atoms in total. The summed E-state index contributed by atoms with van der Waals surface area (Å²) in [6, 6.07) is 5.17. The Bertz CT molecular complexity index is 678. The van der Waals surface area contributed by atoms with Crippen molar-refractivity contribution in [1.82, 2.24) is 0 Å². The van der Waals surface area contributed by atoms with Crippen LogP contribution in [0.15, 0.2) is 18.2 Å². The molecule has 116 valence electrons. The highest BCUT2D eigenvalue weighted by atomic mass is 16.6. The van der Waals surface area contributed by atoms with Gasteiger partial charge in [-0.3, -0.25) is 19.4 Å². The highest BCUT2D eigenvalue weighted by molar-refractivity contribution is 6.18. The van der Waals surface area contributed by atoms with Crippen LogP contribution in [0, 0.1) is 0 Å². The van der Waals surface area contributed by atoms with E-state index >= 15 is 0 Å². The molecule has 2 heterocycles. The molecule has 0 aliphatic carbocycles. The molecular weight excluding hydrogens is 286 g/mol. The molecule has 2 aliphatic heterocycles. The van der Waals surface area contributed by atoms with Crippen LogP contribution in [0.5, 0.6) is 0 Å². The van der Waals surface area contributed by atoms with E-state index in [1.807, 2.05) is 0 Å². The zero-order valence-corrected chi connectivity index (χ0v) is 12.7. The fourth-order valence-electron chi connectivity index (χ4n) is 2.54. The van der Waals surface area contributed by atoms with Crippen molar-refractivity contribution in [2.75, 3.05) is 28.2 Å². The number of hydrogen-bond donors (Lipinski definition) is 1. The molecule has 0 saturated heterocycles. The molecule has 0 aromatic heterocycles. The fraction of sp³-hybridized carbons (Fsp3) is 0.400. The zero-order valence-electron chi connectivity index (χ0n) is 12.7. The molecule has 0 unspecified atom stereocenters. The summed E-state index contributed by atoms with van der Waals surface area (Å²) in [5.41, 5.74) is 0.978. The summed E-state index contributed by atoms with van der Waals surface area (Å²) >= 11 is 0. The molecule has 0 spiro atoms. The number of amides is 3. The maximum absolute atomic E-state index is 12.4. The van der Waals surface area contributed by atoms with Crippen molar-refractivity contribution in [2.45, 2.75) is 26.4 Å². The highest BCUT2D eigenvalue weighted by Gasteiger charge is 2.39. The van der Waals surface area contributed by atoms with Crippen molar-refractivity contribution in [3.05, 3.63) is 18.2 Å². The van der Waals surface area contributed by atoms with E-state index in [0.29, 0.717) is 17.1 Å². The number of rotatable bonds is 0. The fourth-order valence-corrected chi connectivity index (χ4v) is 2.54. The first-order valence-corrected chi connectivity index (χ1v) is 7.00. The average Bonchev–Trinajstić information content (AvgIpc) is 2.40. The molecular formula is C15H17N3O4. The maximum Gasteiger partial charge on any atom is 0.415 e. The molecule has 3 rings (SSSR count). The van der Waals surface area contributed by atoms with E-state index in [2.05, 4.69) is 5.32 Å². The minimum absolute atomic E-state index is 0.0367. The lowest BCUT2D eigenvalue weighted by Crippen LogP contribution is -2.53. The van der Waals surface area contributed by atoms with E-state index in [-0.39, 0.29) is 24.9 Å². The maximum atomic E-state index is 12.4. The molecule has 2 aliphatic rings. The lowest BCUT2D eigenvalue weighted by molar-refractivity contribution is -0.121. The van der Waals surface area contributed by atoms with Gasteiger partial charge >= 0.3 is 6.09 Å². The van der Waals surface area contributed by atoms with Gasteiger partial charge in [-0.1, -0.05) is 6.07 Å². The number of nitrogens with zero attached hydrogens (tertiary/aromatic N) is 2. The van der Waals surface area contributed by atoms with E-state index in [4.69, 9.17) is 4.74 Å². The van der Waals surface area contributed by atoms with E-state index in [0.717, 1.165) is 0 Å². The zero-order chi connectivity index (χ0) is 16.1. The van der Waals surface area contributed by atoms with Gasteiger partial charge in [0.1, 0.15) is 18.7 Å². The monoisotopic (exact) mass is 303 g/mol. The molecule has 0 saturated carbocycles. The Hall–Kier alpha value is -2.57. The van der Waals surface area contributed by atoms with Crippen LogP contribution in [-0.4, -0.2) is 36.6 Å². The molecule has 1 N–H and O–H groups in total. The van der Waals surface area contributed by atoms with Crippen molar-refractivity contribution in [3.8, 4) is 0 Å². The molecule has 0 radical (unpaired) electrons. The Balaban J connectivity index is 2.04. The Labute approximate surface area is 127 Å². The summed E-state index contributed by atoms with van der Waals surface area (Å²) < 4.78 is 5.36. The van der Waals surface area contributed by atoms with Gasteiger partial charge in [0.05, 0.1) is 17.1 Å². The van der Waals surface area contributed by atoms with E-state index in [1.165, 1.54) is 9.80 Å². The third kappa shape index (κ3) is 2.38. The topological polar surface area (TPSA) is 79.0 Å². The standard InChI is InChI=1S/C15H17N3O4/c1-15(2,3)22-14(21)17-8-12(20)18-7-11(19)16-9-5-4-6-10(17)13(9)18/h4-6H,7-8H2,1-3H3,(H,16,19). The van der Waals surface area contributed by atoms with E-state index in [9.17, 15) is 14.4 Å². The van der Waals surface area contributed by atoms with Gasteiger partial charge in [0, 0.05) is 0 Å². The van der Waals surface area contributed by atoms with Gasteiger partial charge in [0.25, 0.3) is 0 Å². The molecule has 0 atom stereocenters. The van der Waals surface area contributed by atoms with Gasteiger partial charge in [0.15, 0.2) is 0 Å². The summed E-state index contributed by atoms with van der Waals surface area (Å²) in [7, 11) is 0. The number of para-hydroxylation sites is 1. The van der Waals surface area contributed by atoms with E-state index < -0.39 is 11.7 Å². The number of carbonyl (C=O) groups is 3. The van der Waals surface area contributed by atoms with Crippen LogP contribution in [0.2, 0.25) is 0 Å². The van der Waals surface area contributed by atoms with Gasteiger partial charge in [-0.2, -0.15) is 0 Å². The molecule has 1 aromatic carbocycles. The Morgan fingerprint density at radius 1 is 1.23 bits per heavy atom. The summed E-state index contributed by atoms with van der Waals surface area (Å²) in [4.78, 5) is 39.0. The number of hydrogen-bond acceptors (Lipinski definition) is 4. The lowest BCUT2D eigenvalue weighted by atomic mass is 10.1. The predicted octanol–water partition coefficient (Wildman–Crippen LogP) is 1.73. The lowest BCUT2D eigenvalue weighted by Gasteiger charge is -2.39. The molecule has 0 fully saturated rings. The van der Waals surface area contributed by atoms with Gasteiger partial charge in [-0.25, -0.2) is 4.79 Å². The van der Waals surface area contributed by atoms with Crippen LogP contribution in [0.1, 0.15) is 20.8 Å². The quantitative estimate of drug-likeness (QED) is 0.791. The Morgan fingerprint density at radius 2 is 1.95 bits per heavy atom. The minimum atomic E-state index is -0.652. The number of ether oxygens (including phenoxy) is 1. The van der Waals surface area contributed by atoms with Crippen molar-refractivity contribution < 1.29 is 19.1 Å². The van der Waals surface area contributed by atoms with Crippen molar-refractivity contribution >= 4 is 35.0 Å². The molecule has 0 bridgehead atoms. The first-order valence-electron chi connectivity index (χ1n) is 7.00. The number of anilines is 3. The summed E-state index contributed by atoms with van der Waals surface area (Å²) in [5.74, 6) is -0.552. The second kappa shape index (κ2) is 4.72. The average molecular weight is 303 g/mol. The predicted molar refractivity (Wildman–Crippen MR) is 81.0 cm³/mol. The van der Waals surface area contributed by atoms with Crippen molar-refractivity contribution in [3.63, 3.8) is 0 Å². The van der Waals surface area contributed by atoms with Gasteiger partial charge in [0.2, 0.25) is 11.8 Å². The second-order valence-corrected chi connectivity index (χ2v) is 6.27. The number of carbonyl (C=O) groups excluding carboxylic acids is 3. The van der Waals surface area contributed by atoms with Crippen LogP contribution in [0.3, 0.4) is 0 Å². The van der Waals surface area contributed by atoms with Crippen LogP contribution in [0.4, 0.5) is 21.9 Å². The number of benzene rings is 1. The van der Waals surface area contributed by atoms with Crippen molar-refractivity contribution in [2.24, 2.45) is 0 Å². The summed E-state index contributed by atoms with van der Waals surface area (Å²) in [6.07, 6.45) is -0.578. The normalized spacial score (nSPS) is 17.0. The summed E-state index contributed by atoms with van der Waals surface area (Å²) in [6.45, 7) is 5.13. The molecule has 7 heteroatoms. The second-order valence-electron chi connectivity index (χ2n) is 6.27. The van der Waals surface area contributed by atoms with Gasteiger partial charge in [-0.05, 0) is 32.9 Å². The SMILES string of the molecule is CC(C)(C)OC(=O)N1CC(=O)N2CC(=O)Nc3cccc1c32. The summed E-state index contributed by atoms with van der Waals surface area (Å²) in [5, 5.41) is 2.72. The molecule has 1 aromatic rings. The minimum Gasteiger partial charge on any atom is -0.443 e. The third-order valence-electron chi connectivity index (χ3n) is 3.36. The largest absolute Gasteiger partial charge is 0.443 e. The smallest absolute Gasteiger partial charge is 0.415 e. The van der Waals surface area contributed by atoms with E-state index in [1.54, 1.807) is 39.0 Å². The first kappa shape index (κ1) is 14.4. The van der Waals surface area contributed by atoms with Crippen LogP contribution < -0.4 is 15.1 Å². The first-order chi connectivity index (χ1) is 10.3. The van der Waals surface area contributed by atoms with Gasteiger partial charge in [-0.15, -0.1) is 0 Å². The van der Waals surface area contributed by atoms with Gasteiger partial charge < -0.3 is 10.1 Å². The Morgan fingerprint density at radius 3 is 2.64 bits per heavy atom. The van der Waals surface area contributed by atoms with Crippen LogP contribution in [-0.2, 0) is 14.3 Å². The molecule has 3 amide bonds. The third-order valence-corrected chi connectivity index (χ3v) is 3.36. The Kier molecular flexibility index (Phi) is 3.09. The van der Waals surface area contributed by atoms with Crippen LogP contribution >= 0.6 is 0 Å². The number of nitrogens with one attached hydrogen (secondary N) is 1. The van der Waals surface area contributed by atoms with Crippen LogP contribution in [0.25, 0.3) is 0 Å². The molecule has 22 heavy (non-hydrogen) atoms. The highest BCUT2D eigenvalue weighted by Crippen LogP contribution is 2.42.